The zero-order valence-electron chi connectivity index (χ0n) is 8.92. The van der Waals surface area contributed by atoms with E-state index in [0.717, 1.165) is 0 Å². The highest BCUT2D eigenvalue weighted by molar-refractivity contribution is 5.04. The zero-order valence-corrected chi connectivity index (χ0v) is 8.92. The minimum Gasteiger partial charge on any atom is -0.350 e. The lowest BCUT2D eigenvalue weighted by Crippen LogP contribution is -2.63. The Balaban J connectivity index is 3.12. The average Bonchev–Trinajstić information content (AvgIpc) is 2.66. The lowest BCUT2D eigenvalue weighted by atomic mass is 9.92. The molecule has 0 bridgehead atoms. The van der Waals surface area contributed by atoms with E-state index in [1.165, 1.54) is 0 Å². The van der Waals surface area contributed by atoms with Crippen molar-refractivity contribution in [2.45, 2.75) is 36.7 Å². The highest BCUT2D eigenvalue weighted by Crippen LogP contribution is 2.55. The lowest BCUT2D eigenvalue weighted by Gasteiger charge is -2.36. The van der Waals surface area contributed by atoms with Crippen molar-refractivity contribution in [3.05, 3.63) is 0 Å². The third-order valence-corrected chi connectivity index (χ3v) is 2.44. The SMILES string of the molecule is FC(F)(F)C(F)(F)C(F)(CC1OCCO1)C(F)(F)F. The molecule has 1 aliphatic rings. The molecule has 0 aliphatic carbocycles. The van der Waals surface area contributed by atoms with Gasteiger partial charge in [0.2, 0.25) is 0 Å². The number of hydrogen-bond donors (Lipinski definition) is 0. The van der Waals surface area contributed by atoms with Gasteiger partial charge in [0, 0.05) is 6.42 Å². The average molecular weight is 306 g/mol. The molecule has 114 valence electrons. The summed E-state index contributed by atoms with van der Waals surface area (Å²) in [4.78, 5) is 0. The van der Waals surface area contributed by atoms with Crippen LogP contribution < -0.4 is 0 Å². The van der Waals surface area contributed by atoms with Crippen LogP contribution in [-0.4, -0.2) is 43.4 Å². The van der Waals surface area contributed by atoms with Gasteiger partial charge in [-0.05, 0) is 0 Å². The van der Waals surface area contributed by atoms with Crippen LogP contribution in [0.4, 0.5) is 39.5 Å². The Labute approximate surface area is 100 Å². The number of hydrogen-bond acceptors (Lipinski definition) is 2. The minimum absolute atomic E-state index is 0.323. The maximum Gasteiger partial charge on any atom is 0.457 e. The number of ether oxygens (including phenoxy) is 2. The minimum atomic E-state index is -6.70. The largest absolute Gasteiger partial charge is 0.457 e. The van der Waals surface area contributed by atoms with Gasteiger partial charge in [0.05, 0.1) is 13.2 Å². The fourth-order valence-corrected chi connectivity index (χ4v) is 1.40. The van der Waals surface area contributed by atoms with Crippen molar-refractivity contribution in [2.75, 3.05) is 13.2 Å². The third kappa shape index (κ3) is 2.76. The van der Waals surface area contributed by atoms with Crippen molar-refractivity contribution < 1.29 is 49.0 Å². The first-order valence-corrected chi connectivity index (χ1v) is 4.76. The standard InChI is InChI=1S/C8H7F9O2/c9-5(7(12,13)14,3-4-18-1-2-19-4)6(10,11)8(15,16)17/h4H,1-3H2. The van der Waals surface area contributed by atoms with Crippen LogP contribution in [0.1, 0.15) is 6.42 Å². The van der Waals surface area contributed by atoms with Crippen LogP contribution in [0.2, 0.25) is 0 Å². The second kappa shape index (κ2) is 4.69. The first kappa shape index (κ1) is 16.3. The zero-order chi connectivity index (χ0) is 15.1. The normalized spacial score (nSPS) is 22.6. The van der Waals surface area contributed by atoms with Crippen molar-refractivity contribution >= 4 is 0 Å². The molecule has 19 heavy (non-hydrogen) atoms. The van der Waals surface area contributed by atoms with Crippen LogP contribution in [0.3, 0.4) is 0 Å². The van der Waals surface area contributed by atoms with Crippen molar-refractivity contribution in [1.82, 2.24) is 0 Å². The number of rotatable bonds is 3. The molecule has 1 fully saturated rings. The van der Waals surface area contributed by atoms with Gasteiger partial charge in [-0.25, -0.2) is 4.39 Å². The molecule has 0 aromatic heterocycles. The van der Waals surface area contributed by atoms with Crippen LogP contribution in [0.15, 0.2) is 0 Å². The first-order chi connectivity index (χ1) is 8.33. The van der Waals surface area contributed by atoms with E-state index in [-0.39, 0.29) is 13.2 Å². The summed E-state index contributed by atoms with van der Waals surface area (Å²) in [6.45, 7) is -0.646. The molecule has 1 heterocycles. The molecular formula is C8H7F9O2. The van der Waals surface area contributed by atoms with Gasteiger partial charge in [0.1, 0.15) is 0 Å². The van der Waals surface area contributed by atoms with Gasteiger partial charge in [-0.1, -0.05) is 0 Å². The Bertz CT molecular complexity index is 317. The van der Waals surface area contributed by atoms with Gasteiger partial charge >= 0.3 is 18.3 Å². The second-order valence-electron chi connectivity index (χ2n) is 3.75. The molecule has 0 N–H and O–H groups in total. The van der Waals surface area contributed by atoms with Crippen LogP contribution in [-0.2, 0) is 9.47 Å². The second-order valence-corrected chi connectivity index (χ2v) is 3.75. The Morgan fingerprint density at radius 1 is 0.737 bits per heavy atom. The fourth-order valence-electron chi connectivity index (χ4n) is 1.40. The monoisotopic (exact) mass is 306 g/mol. The van der Waals surface area contributed by atoms with E-state index in [9.17, 15) is 39.5 Å². The van der Waals surface area contributed by atoms with Crippen LogP contribution in [0.5, 0.6) is 0 Å². The summed E-state index contributed by atoms with van der Waals surface area (Å²) in [7, 11) is 0. The van der Waals surface area contributed by atoms with Crippen LogP contribution in [0, 0.1) is 0 Å². The van der Waals surface area contributed by atoms with E-state index in [2.05, 4.69) is 9.47 Å². The predicted octanol–water partition coefficient (Wildman–Crippen LogP) is 3.22. The molecule has 0 saturated carbocycles. The summed E-state index contributed by atoms with van der Waals surface area (Å²) in [6, 6.07) is 0. The molecule has 1 saturated heterocycles. The summed E-state index contributed by atoms with van der Waals surface area (Å²) in [5.41, 5.74) is -5.83. The Kier molecular flexibility index (Phi) is 4.03. The van der Waals surface area contributed by atoms with E-state index in [0.29, 0.717) is 0 Å². The highest BCUT2D eigenvalue weighted by Gasteiger charge is 2.81. The summed E-state index contributed by atoms with van der Waals surface area (Å²) in [5, 5.41) is 0. The first-order valence-electron chi connectivity index (χ1n) is 4.76. The maximum atomic E-state index is 13.5. The Morgan fingerprint density at radius 3 is 1.47 bits per heavy atom. The van der Waals surface area contributed by atoms with Gasteiger partial charge in [-0.2, -0.15) is 35.1 Å². The van der Waals surface area contributed by atoms with E-state index >= 15 is 0 Å². The molecule has 11 heteroatoms. The molecule has 1 unspecified atom stereocenters. The summed E-state index contributed by atoms with van der Waals surface area (Å²) in [5.74, 6) is -6.62. The topological polar surface area (TPSA) is 18.5 Å². The Hall–Kier alpha value is -0.710. The summed E-state index contributed by atoms with van der Waals surface area (Å²) < 4.78 is 120. The van der Waals surface area contributed by atoms with E-state index < -0.39 is 36.7 Å². The molecule has 0 spiro atoms. The van der Waals surface area contributed by atoms with Crippen LogP contribution in [0.25, 0.3) is 0 Å². The van der Waals surface area contributed by atoms with Gasteiger partial charge < -0.3 is 9.47 Å². The third-order valence-electron chi connectivity index (χ3n) is 2.44. The van der Waals surface area contributed by atoms with Gasteiger partial charge in [0.25, 0.3) is 5.67 Å². The van der Waals surface area contributed by atoms with Gasteiger partial charge in [-0.3, -0.25) is 0 Å². The fraction of sp³-hybridized carbons (Fsp3) is 1.00. The maximum absolute atomic E-state index is 13.5. The number of halogens is 9. The predicted molar refractivity (Wildman–Crippen MR) is 41.2 cm³/mol. The molecule has 0 radical (unpaired) electrons. The van der Waals surface area contributed by atoms with E-state index in [4.69, 9.17) is 0 Å². The van der Waals surface area contributed by atoms with Crippen molar-refractivity contribution in [3.8, 4) is 0 Å². The van der Waals surface area contributed by atoms with E-state index in [1.807, 2.05) is 0 Å². The van der Waals surface area contributed by atoms with E-state index in [1.54, 1.807) is 0 Å². The quantitative estimate of drug-likeness (QED) is 0.745. The molecule has 0 aromatic rings. The van der Waals surface area contributed by atoms with Gasteiger partial charge in [0.15, 0.2) is 6.29 Å². The molecule has 1 aliphatic heterocycles. The van der Waals surface area contributed by atoms with Crippen LogP contribution >= 0.6 is 0 Å². The summed E-state index contributed by atoms with van der Waals surface area (Å²) in [6.07, 6.45) is -17.6. The van der Waals surface area contributed by atoms with Crippen molar-refractivity contribution in [3.63, 3.8) is 0 Å². The molecular weight excluding hydrogens is 299 g/mol. The van der Waals surface area contributed by atoms with Crippen molar-refractivity contribution in [2.24, 2.45) is 0 Å². The molecule has 0 aromatic carbocycles. The highest BCUT2D eigenvalue weighted by atomic mass is 19.4. The molecule has 1 rings (SSSR count). The molecule has 2 nitrogen and oxygen atoms in total. The number of alkyl halides is 9. The van der Waals surface area contributed by atoms with Gasteiger partial charge in [-0.15, -0.1) is 0 Å². The smallest absolute Gasteiger partial charge is 0.350 e. The molecule has 0 amide bonds. The van der Waals surface area contributed by atoms with Crippen molar-refractivity contribution in [1.29, 1.82) is 0 Å². The Morgan fingerprint density at radius 2 is 1.16 bits per heavy atom. The molecule has 1 atom stereocenters. The lowest BCUT2D eigenvalue weighted by molar-refractivity contribution is -0.390. The summed E-state index contributed by atoms with van der Waals surface area (Å²) >= 11 is 0.